The lowest BCUT2D eigenvalue weighted by Gasteiger charge is -2.35. The van der Waals surface area contributed by atoms with E-state index in [9.17, 15) is 24.9 Å². The molecule has 0 saturated carbocycles. The standard InChI is InChI=1S/C42H78O7/c1-4-7-9-11-13-15-17-19-20-22-24-26-28-30-32-34-39(46)48-40(6-3)49-41(47)42(36-44,37-45)38(35-43)33-31-29-27-25-23-21-18-16-14-12-10-8-5-2/h19-21,23,38,40,43-45H,4-18,22,24-37H2,1-3H3/b20-19-,23-21-. The highest BCUT2D eigenvalue weighted by molar-refractivity contribution is 5.78. The van der Waals surface area contributed by atoms with Gasteiger partial charge in [-0.3, -0.25) is 9.59 Å². The quantitative estimate of drug-likeness (QED) is 0.0259. The molecule has 0 aliphatic heterocycles. The molecular formula is C42H78O7. The van der Waals surface area contributed by atoms with Gasteiger partial charge >= 0.3 is 11.9 Å². The number of carbonyl (C=O) groups excluding carboxylic acids is 2. The van der Waals surface area contributed by atoms with Crippen LogP contribution in [0.2, 0.25) is 0 Å². The molecule has 3 N–H and O–H groups in total. The molecule has 0 aromatic rings. The zero-order chi connectivity index (χ0) is 36.3. The molecule has 0 aromatic carbocycles. The van der Waals surface area contributed by atoms with E-state index >= 15 is 0 Å². The second kappa shape index (κ2) is 34.7. The highest BCUT2D eigenvalue weighted by Gasteiger charge is 2.47. The first-order chi connectivity index (χ1) is 23.9. The molecular weight excluding hydrogens is 616 g/mol. The van der Waals surface area contributed by atoms with E-state index in [0.29, 0.717) is 6.42 Å². The van der Waals surface area contributed by atoms with Gasteiger partial charge in [0.15, 0.2) is 0 Å². The van der Waals surface area contributed by atoms with Gasteiger partial charge in [0.2, 0.25) is 6.29 Å². The van der Waals surface area contributed by atoms with Crippen molar-refractivity contribution in [1.29, 1.82) is 0 Å². The first-order valence-electron chi connectivity index (χ1n) is 20.5. The van der Waals surface area contributed by atoms with E-state index in [0.717, 1.165) is 70.6 Å². The Balaban J connectivity index is 4.34. The number of aliphatic hydroxyl groups excluding tert-OH is 3. The second-order valence-electron chi connectivity index (χ2n) is 14.1. The summed E-state index contributed by atoms with van der Waals surface area (Å²) in [5.41, 5.74) is -1.66. The number of hydrogen-bond acceptors (Lipinski definition) is 7. The lowest BCUT2D eigenvalue weighted by Crippen LogP contribution is -2.49. The van der Waals surface area contributed by atoms with Crippen molar-refractivity contribution in [2.45, 2.75) is 200 Å². The topological polar surface area (TPSA) is 113 Å². The molecule has 0 fully saturated rings. The monoisotopic (exact) mass is 695 g/mol. The molecule has 49 heavy (non-hydrogen) atoms. The number of unbranched alkanes of at least 4 members (excludes halogenated alkanes) is 20. The van der Waals surface area contributed by atoms with E-state index in [1.165, 1.54) is 83.5 Å². The smallest absolute Gasteiger partial charge is 0.320 e. The first kappa shape index (κ1) is 47.3. The van der Waals surface area contributed by atoms with Gasteiger partial charge in [-0.15, -0.1) is 0 Å². The maximum absolute atomic E-state index is 13.3. The normalized spacial score (nSPS) is 13.3. The van der Waals surface area contributed by atoms with E-state index in [2.05, 4.69) is 38.2 Å². The van der Waals surface area contributed by atoms with Crippen molar-refractivity contribution in [2.75, 3.05) is 19.8 Å². The first-order valence-corrected chi connectivity index (χ1v) is 20.5. The number of rotatable bonds is 36. The average Bonchev–Trinajstić information content (AvgIpc) is 3.11. The van der Waals surface area contributed by atoms with Crippen LogP contribution >= 0.6 is 0 Å². The summed E-state index contributed by atoms with van der Waals surface area (Å²) >= 11 is 0. The number of esters is 2. The van der Waals surface area contributed by atoms with Crippen LogP contribution in [0.5, 0.6) is 0 Å². The van der Waals surface area contributed by atoms with Crippen molar-refractivity contribution in [2.24, 2.45) is 11.3 Å². The van der Waals surface area contributed by atoms with Crippen molar-refractivity contribution in [3.05, 3.63) is 24.3 Å². The van der Waals surface area contributed by atoms with Crippen molar-refractivity contribution >= 4 is 11.9 Å². The van der Waals surface area contributed by atoms with Crippen LogP contribution in [0.15, 0.2) is 24.3 Å². The van der Waals surface area contributed by atoms with Gasteiger partial charge in [-0.05, 0) is 64.2 Å². The van der Waals surface area contributed by atoms with Crippen molar-refractivity contribution in [1.82, 2.24) is 0 Å². The molecule has 0 aromatic heterocycles. The zero-order valence-electron chi connectivity index (χ0n) is 32.2. The number of aliphatic hydroxyl groups is 3. The zero-order valence-corrected chi connectivity index (χ0v) is 32.2. The summed E-state index contributed by atoms with van der Waals surface area (Å²) in [5.74, 6) is -1.92. The molecule has 0 amide bonds. The fraction of sp³-hybridized carbons (Fsp3) is 0.857. The van der Waals surface area contributed by atoms with Gasteiger partial charge in [0.05, 0.1) is 13.2 Å². The Labute approximate surface area is 301 Å². The summed E-state index contributed by atoms with van der Waals surface area (Å²) in [7, 11) is 0. The third-order valence-electron chi connectivity index (χ3n) is 9.76. The summed E-state index contributed by atoms with van der Waals surface area (Å²) in [6, 6.07) is 0. The third-order valence-corrected chi connectivity index (χ3v) is 9.76. The van der Waals surface area contributed by atoms with Gasteiger partial charge in [0.1, 0.15) is 5.41 Å². The number of allylic oxidation sites excluding steroid dienone is 4. The van der Waals surface area contributed by atoms with Crippen LogP contribution in [0, 0.1) is 11.3 Å². The number of hydrogen-bond donors (Lipinski definition) is 3. The van der Waals surface area contributed by atoms with Crippen LogP contribution in [-0.4, -0.2) is 53.4 Å². The average molecular weight is 695 g/mol. The van der Waals surface area contributed by atoms with E-state index in [-0.39, 0.29) is 19.4 Å². The van der Waals surface area contributed by atoms with Crippen LogP contribution < -0.4 is 0 Å². The van der Waals surface area contributed by atoms with Gasteiger partial charge in [0.25, 0.3) is 0 Å². The Kier molecular flexibility index (Phi) is 33.5. The predicted octanol–water partition coefficient (Wildman–Crippen LogP) is 10.7. The van der Waals surface area contributed by atoms with E-state index < -0.39 is 42.8 Å². The highest BCUT2D eigenvalue weighted by Crippen LogP contribution is 2.33. The minimum Gasteiger partial charge on any atom is -0.425 e. The van der Waals surface area contributed by atoms with E-state index in [1.807, 2.05) is 0 Å². The van der Waals surface area contributed by atoms with E-state index in [4.69, 9.17) is 9.47 Å². The molecule has 0 rings (SSSR count). The van der Waals surface area contributed by atoms with Crippen LogP contribution in [0.4, 0.5) is 0 Å². The molecule has 7 nitrogen and oxygen atoms in total. The molecule has 2 atom stereocenters. The summed E-state index contributed by atoms with van der Waals surface area (Å²) < 4.78 is 11.0. The Morgan fingerprint density at radius 3 is 1.37 bits per heavy atom. The number of carbonyl (C=O) groups is 2. The van der Waals surface area contributed by atoms with Crippen LogP contribution in [0.25, 0.3) is 0 Å². The summed E-state index contributed by atoms with van der Waals surface area (Å²) in [4.78, 5) is 25.8. The van der Waals surface area contributed by atoms with Gasteiger partial charge in [0, 0.05) is 25.4 Å². The molecule has 0 saturated heterocycles. The lowest BCUT2D eigenvalue weighted by molar-refractivity contribution is -0.204. The van der Waals surface area contributed by atoms with Gasteiger partial charge in [-0.2, -0.15) is 0 Å². The molecule has 0 aliphatic rings. The Morgan fingerprint density at radius 1 is 0.551 bits per heavy atom. The molecule has 0 aliphatic carbocycles. The minimum atomic E-state index is -1.66. The minimum absolute atomic E-state index is 0.255. The Morgan fingerprint density at radius 2 is 0.959 bits per heavy atom. The largest absolute Gasteiger partial charge is 0.425 e. The summed E-state index contributed by atoms with van der Waals surface area (Å²) in [6.07, 6.45) is 37.0. The van der Waals surface area contributed by atoms with Crippen molar-refractivity contribution in [3.8, 4) is 0 Å². The van der Waals surface area contributed by atoms with Crippen LogP contribution in [0.3, 0.4) is 0 Å². The molecule has 7 heteroatoms. The fourth-order valence-corrected chi connectivity index (χ4v) is 6.23. The SMILES string of the molecule is CCCCCCCC/C=C\CCCCCCCC(=O)OC(CC)OC(=O)C(CO)(CO)C(CO)CCCCC/C=C\CCCCCCCC. The third kappa shape index (κ3) is 25.0. The number of ether oxygens (including phenoxy) is 2. The van der Waals surface area contributed by atoms with Crippen LogP contribution in [-0.2, 0) is 19.1 Å². The van der Waals surface area contributed by atoms with Gasteiger partial charge in [-0.1, -0.05) is 141 Å². The van der Waals surface area contributed by atoms with Gasteiger partial charge in [-0.25, -0.2) is 0 Å². The molecule has 0 bridgehead atoms. The Hall–Kier alpha value is -1.70. The van der Waals surface area contributed by atoms with Gasteiger partial charge < -0.3 is 24.8 Å². The summed E-state index contributed by atoms with van der Waals surface area (Å²) in [6.45, 7) is 4.56. The molecule has 2 unspecified atom stereocenters. The van der Waals surface area contributed by atoms with Crippen LogP contribution in [0.1, 0.15) is 194 Å². The van der Waals surface area contributed by atoms with Crippen molar-refractivity contribution in [3.63, 3.8) is 0 Å². The van der Waals surface area contributed by atoms with Crippen molar-refractivity contribution < 1.29 is 34.4 Å². The fourth-order valence-electron chi connectivity index (χ4n) is 6.23. The maximum Gasteiger partial charge on any atom is 0.320 e. The maximum atomic E-state index is 13.3. The molecule has 0 spiro atoms. The second-order valence-corrected chi connectivity index (χ2v) is 14.1. The predicted molar refractivity (Wildman–Crippen MR) is 203 cm³/mol. The highest BCUT2D eigenvalue weighted by atomic mass is 16.7. The lowest BCUT2D eigenvalue weighted by atomic mass is 9.74. The van der Waals surface area contributed by atoms with E-state index in [1.54, 1.807) is 6.92 Å². The molecule has 0 heterocycles. The summed E-state index contributed by atoms with van der Waals surface area (Å²) in [5, 5.41) is 30.6. The molecule has 0 radical (unpaired) electrons. The Bertz CT molecular complexity index is 805. The molecule has 288 valence electrons.